The Bertz CT molecular complexity index is 148. The third kappa shape index (κ3) is 12.2. The van der Waals surface area contributed by atoms with E-state index in [1.807, 2.05) is 0 Å². The van der Waals surface area contributed by atoms with Gasteiger partial charge in [0.25, 0.3) is 0 Å². The van der Waals surface area contributed by atoms with Gasteiger partial charge in [-0.1, -0.05) is 58.8 Å². The lowest BCUT2D eigenvalue weighted by Gasteiger charge is -2.13. The van der Waals surface area contributed by atoms with E-state index in [-0.39, 0.29) is 12.2 Å². The minimum atomic E-state index is -0.204. The van der Waals surface area contributed by atoms with Crippen LogP contribution in [0.4, 0.5) is 0 Å². The van der Waals surface area contributed by atoms with Crippen LogP contribution in [-0.2, 0) is 0 Å². The Morgan fingerprint density at radius 3 is 1.59 bits per heavy atom. The molecule has 0 saturated heterocycles. The lowest BCUT2D eigenvalue weighted by molar-refractivity contribution is 0.101. The van der Waals surface area contributed by atoms with Crippen molar-refractivity contribution in [3.63, 3.8) is 0 Å². The van der Waals surface area contributed by atoms with Crippen molar-refractivity contribution in [3.05, 3.63) is 0 Å². The summed E-state index contributed by atoms with van der Waals surface area (Å²) in [6.07, 6.45) is 11.4. The summed E-state index contributed by atoms with van der Waals surface area (Å²) in [6.45, 7) is 4.35. The molecule has 104 valence electrons. The van der Waals surface area contributed by atoms with Crippen molar-refractivity contribution >= 4 is 0 Å². The van der Waals surface area contributed by atoms with Crippen molar-refractivity contribution in [2.45, 2.75) is 96.7 Å². The Balaban J connectivity index is 3.30. The zero-order valence-electron chi connectivity index (χ0n) is 11.8. The van der Waals surface area contributed by atoms with Gasteiger partial charge in [-0.25, -0.2) is 0 Å². The van der Waals surface area contributed by atoms with E-state index in [1.54, 1.807) is 0 Å². The summed E-state index contributed by atoms with van der Waals surface area (Å²) in [4.78, 5) is 0. The zero-order valence-corrected chi connectivity index (χ0v) is 11.8. The van der Waals surface area contributed by atoms with Crippen LogP contribution in [0.25, 0.3) is 0 Å². The van der Waals surface area contributed by atoms with Crippen molar-refractivity contribution in [2.75, 3.05) is 0 Å². The number of aliphatic hydroxyl groups is 2. The summed E-state index contributed by atoms with van der Waals surface area (Å²) in [5.41, 5.74) is 0. The normalized spacial score (nSPS) is 14.8. The molecule has 0 aliphatic carbocycles. The van der Waals surface area contributed by atoms with Crippen molar-refractivity contribution in [1.82, 2.24) is 0 Å². The van der Waals surface area contributed by atoms with Crippen LogP contribution in [0.2, 0.25) is 0 Å². The molecule has 0 fully saturated rings. The van der Waals surface area contributed by atoms with Crippen LogP contribution in [0.3, 0.4) is 0 Å². The molecule has 0 aromatic carbocycles. The molecule has 2 N–H and O–H groups in total. The minimum Gasteiger partial charge on any atom is -0.393 e. The highest BCUT2D eigenvalue weighted by Crippen LogP contribution is 2.13. The molecular formula is C15H32O2. The average Bonchev–Trinajstić information content (AvgIpc) is 2.33. The molecule has 2 nitrogen and oxygen atoms in total. The molecule has 2 atom stereocenters. The summed E-state index contributed by atoms with van der Waals surface area (Å²) in [6, 6.07) is 0. The number of rotatable bonds is 12. The minimum absolute atomic E-state index is 0.201. The maximum Gasteiger partial charge on any atom is 0.0541 e. The summed E-state index contributed by atoms with van der Waals surface area (Å²) >= 11 is 0. The Hall–Kier alpha value is -0.0800. The van der Waals surface area contributed by atoms with Gasteiger partial charge in [-0.3, -0.25) is 0 Å². The largest absolute Gasteiger partial charge is 0.393 e. The Morgan fingerprint density at radius 1 is 0.588 bits per heavy atom. The highest BCUT2D eigenvalue weighted by atomic mass is 16.3. The van der Waals surface area contributed by atoms with Crippen LogP contribution in [0.1, 0.15) is 84.5 Å². The molecule has 0 bridgehead atoms. The SMILES string of the molecule is CCCCCCCC(O)CCC(O)CCCC. The molecule has 0 aliphatic heterocycles. The van der Waals surface area contributed by atoms with Gasteiger partial charge in [0.1, 0.15) is 0 Å². The third-order valence-corrected chi connectivity index (χ3v) is 3.36. The van der Waals surface area contributed by atoms with Crippen LogP contribution in [0, 0.1) is 0 Å². The van der Waals surface area contributed by atoms with E-state index in [0.29, 0.717) is 0 Å². The topological polar surface area (TPSA) is 40.5 Å². The fraction of sp³-hybridized carbons (Fsp3) is 1.00. The molecule has 0 aromatic heterocycles. The second-order valence-electron chi connectivity index (χ2n) is 5.23. The van der Waals surface area contributed by atoms with Gasteiger partial charge >= 0.3 is 0 Å². The first-order valence-electron chi connectivity index (χ1n) is 7.56. The van der Waals surface area contributed by atoms with E-state index >= 15 is 0 Å². The van der Waals surface area contributed by atoms with Gasteiger partial charge in [0.15, 0.2) is 0 Å². The van der Waals surface area contributed by atoms with Gasteiger partial charge in [0.2, 0.25) is 0 Å². The first-order chi connectivity index (χ1) is 8.20. The monoisotopic (exact) mass is 244 g/mol. The molecule has 2 heteroatoms. The van der Waals surface area contributed by atoms with Gasteiger partial charge in [-0.05, 0) is 25.7 Å². The van der Waals surface area contributed by atoms with Gasteiger partial charge in [0.05, 0.1) is 12.2 Å². The molecule has 0 spiro atoms. The average molecular weight is 244 g/mol. The molecule has 0 saturated carbocycles. The van der Waals surface area contributed by atoms with Crippen LogP contribution in [0.5, 0.6) is 0 Å². The van der Waals surface area contributed by atoms with E-state index in [0.717, 1.165) is 44.9 Å². The summed E-state index contributed by atoms with van der Waals surface area (Å²) in [5.74, 6) is 0. The predicted octanol–water partition coefficient (Wildman–Crippen LogP) is 4.04. The highest BCUT2D eigenvalue weighted by Gasteiger charge is 2.08. The van der Waals surface area contributed by atoms with Crippen molar-refractivity contribution in [2.24, 2.45) is 0 Å². The molecule has 0 rings (SSSR count). The first-order valence-corrected chi connectivity index (χ1v) is 7.56. The maximum absolute atomic E-state index is 9.77. The molecule has 0 amide bonds. The number of unbranched alkanes of at least 4 members (excludes halogenated alkanes) is 5. The van der Waals surface area contributed by atoms with E-state index in [4.69, 9.17) is 0 Å². The van der Waals surface area contributed by atoms with E-state index in [2.05, 4.69) is 13.8 Å². The fourth-order valence-corrected chi connectivity index (χ4v) is 2.10. The van der Waals surface area contributed by atoms with Crippen LogP contribution in [-0.4, -0.2) is 22.4 Å². The van der Waals surface area contributed by atoms with E-state index < -0.39 is 0 Å². The fourth-order valence-electron chi connectivity index (χ4n) is 2.10. The lowest BCUT2D eigenvalue weighted by atomic mass is 10.0. The third-order valence-electron chi connectivity index (χ3n) is 3.36. The predicted molar refractivity (Wildman–Crippen MR) is 74.1 cm³/mol. The summed E-state index contributed by atoms with van der Waals surface area (Å²) < 4.78 is 0. The molecular weight excluding hydrogens is 212 g/mol. The van der Waals surface area contributed by atoms with Gasteiger partial charge in [0, 0.05) is 0 Å². The quantitative estimate of drug-likeness (QED) is 0.509. The Kier molecular flexibility index (Phi) is 12.3. The van der Waals surface area contributed by atoms with Crippen molar-refractivity contribution < 1.29 is 10.2 Å². The Morgan fingerprint density at radius 2 is 1.06 bits per heavy atom. The molecule has 2 unspecified atom stereocenters. The van der Waals surface area contributed by atoms with E-state index in [9.17, 15) is 10.2 Å². The van der Waals surface area contributed by atoms with Gasteiger partial charge < -0.3 is 10.2 Å². The molecule has 0 aliphatic rings. The summed E-state index contributed by atoms with van der Waals surface area (Å²) in [7, 11) is 0. The molecule has 0 radical (unpaired) electrons. The molecule has 17 heavy (non-hydrogen) atoms. The van der Waals surface area contributed by atoms with Crippen LogP contribution >= 0.6 is 0 Å². The van der Waals surface area contributed by atoms with Gasteiger partial charge in [-0.15, -0.1) is 0 Å². The second-order valence-corrected chi connectivity index (χ2v) is 5.23. The standard InChI is InChI=1S/C15H32O2/c1-3-5-7-8-9-11-15(17)13-12-14(16)10-6-4-2/h14-17H,3-13H2,1-2H3. The zero-order chi connectivity index (χ0) is 12.9. The van der Waals surface area contributed by atoms with E-state index in [1.165, 1.54) is 25.7 Å². The van der Waals surface area contributed by atoms with Gasteiger partial charge in [-0.2, -0.15) is 0 Å². The second kappa shape index (κ2) is 12.4. The first kappa shape index (κ1) is 16.9. The number of aliphatic hydroxyl groups excluding tert-OH is 2. The lowest BCUT2D eigenvalue weighted by Crippen LogP contribution is -2.13. The number of hydrogen-bond donors (Lipinski definition) is 2. The van der Waals surface area contributed by atoms with Crippen molar-refractivity contribution in [3.8, 4) is 0 Å². The molecule has 0 aromatic rings. The molecule has 0 heterocycles. The highest BCUT2D eigenvalue weighted by molar-refractivity contribution is 4.62. The van der Waals surface area contributed by atoms with Crippen molar-refractivity contribution in [1.29, 1.82) is 0 Å². The van der Waals surface area contributed by atoms with Crippen LogP contribution < -0.4 is 0 Å². The maximum atomic E-state index is 9.77. The Labute approximate surface area is 107 Å². The summed E-state index contributed by atoms with van der Waals surface area (Å²) in [5, 5.41) is 19.4. The van der Waals surface area contributed by atoms with Crippen LogP contribution in [0.15, 0.2) is 0 Å². The number of hydrogen-bond acceptors (Lipinski definition) is 2. The smallest absolute Gasteiger partial charge is 0.0541 e.